The third-order valence-corrected chi connectivity index (χ3v) is 2.20. The maximum atomic E-state index is 11.6. The van der Waals surface area contributed by atoms with Gasteiger partial charge in [0.15, 0.2) is 11.5 Å². The van der Waals surface area contributed by atoms with Crippen LogP contribution in [0.1, 0.15) is 24.2 Å². The number of ether oxygens (including phenoxy) is 3. The fourth-order valence-corrected chi connectivity index (χ4v) is 1.29. The number of carboxylic acid groups (broad SMARTS) is 1. The molecular formula is C14H14O7. The summed E-state index contributed by atoms with van der Waals surface area (Å²) < 4.78 is 14.2. The molecule has 0 aliphatic rings. The van der Waals surface area contributed by atoms with E-state index in [2.05, 4.69) is 11.3 Å². The van der Waals surface area contributed by atoms with E-state index in [1.54, 1.807) is 6.92 Å². The van der Waals surface area contributed by atoms with Gasteiger partial charge in [-0.2, -0.15) is 0 Å². The van der Waals surface area contributed by atoms with Crippen LogP contribution >= 0.6 is 0 Å². The standard InChI is InChI=1S/C14H14O7/c1-4-19-13(16)9-5-6-10(21-14(17)18)11(7-9)20-12(15)8(2)3/h5-7H,2,4H2,1,3H3,(H,17,18). The lowest BCUT2D eigenvalue weighted by Crippen LogP contribution is -2.12. The number of benzene rings is 1. The molecule has 0 amide bonds. The van der Waals surface area contributed by atoms with Crippen LogP contribution in [0.15, 0.2) is 30.4 Å². The average Bonchev–Trinajstić information content (AvgIpc) is 2.40. The summed E-state index contributed by atoms with van der Waals surface area (Å²) in [6.45, 7) is 6.65. The molecule has 0 aliphatic carbocycles. The molecule has 0 aromatic heterocycles. The molecule has 0 unspecified atom stereocenters. The van der Waals surface area contributed by atoms with Crippen molar-refractivity contribution in [2.45, 2.75) is 13.8 Å². The molecule has 0 atom stereocenters. The van der Waals surface area contributed by atoms with Crippen LogP contribution in [0, 0.1) is 0 Å². The summed E-state index contributed by atoms with van der Waals surface area (Å²) in [6.07, 6.45) is -1.58. The summed E-state index contributed by atoms with van der Waals surface area (Å²) in [6, 6.07) is 3.66. The topological polar surface area (TPSA) is 99.1 Å². The van der Waals surface area contributed by atoms with Gasteiger partial charge < -0.3 is 19.3 Å². The van der Waals surface area contributed by atoms with Crippen LogP contribution in [-0.2, 0) is 9.53 Å². The Hall–Kier alpha value is -2.83. The number of rotatable bonds is 5. The Labute approximate surface area is 120 Å². The molecule has 0 radical (unpaired) electrons. The molecule has 21 heavy (non-hydrogen) atoms. The molecule has 7 nitrogen and oxygen atoms in total. The molecule has 0 spiro atoms. The molecule has 112 valence electrons. The fourth-order valence-electron chi connectivity index (χ4n) is 1.29. The van der Waals surface area contributed by atoms with E-state index in [9.17, 15) is 14.4 Å². The van der Waals surface area contributed by atoms with E-state index < -0.39 is 18.1 Å². The zero-order valence-corrected chi connectivity index (χ0v) is 11.5. The first-order valence-corrected chi connectivity index (χ1v) is 5.94. The van der Waals surface area contributed by atoms with Gasteiger partial charge in [0.05, 0.1) is 12.2 Å². The van der Waals surface area contributed by atoms with Crippen LogP contribution in [-0.4, -0.2) is 29.8 Å². The fraction of sp³-hybridized carbons (Fsp3) is 0.214. The van der Waals surface area contributed by atoms with Crippen LogP contribution < -0.4 is 9.47 Å². The van der Waals surface area contributed by atoms with Crippen LogP contribution in [0.4, 0.5) is 4.79 Å². The Balaban J connectivity index is 3.15. The Morgan fingerprint density at radius 1 is 1.19 bits per heavy atom. The molecular weight excluding hydrogens is 280 g/mol. The van der Waals surface area contributed by atoms with Crippen molar-refractivity contribution in [3.8, 4) is 11.5 Å². The molecule has 0 saturated carbocycles. The zero-order chi connectivity index (χ0) is 16.0. The molecule has 0 heterocycles. The molecule has 0 saturated heterocycles. The second-order valence-electron chi connectivity index (χ2n) is 3.92. The summed E-state index contributed by atoms with van der Waals surface area (Å²) in [5.41, 5.74) is 0.205. The first-order valence-electron chi connectivity index (χ1n) is 5.94. The van der Waals surface area contributed by atoms with Crippen LogP contribution in [0.3, 0.4) is 0 Å². The number of hydrogen-bond donors (Lipinski definition) is 1. The highest BCUT2D eigenvalue weighted by atomic mass is 16.7. The molecule has 7 heteroatoms. The summed E-state index contributed by atoms with van der Waals surface area (Å²) in [5.74, 6) is -1.83. The monoisotopic (exact) mass is 294 g/mol. The summed E-state index contributed by atoms with van der Waals surface area (Å²) in [5, 5.41) is 8.63. The molecule has 1 N–H and O–H groups in total. The van der Waals surface area contributed by atoms with E-state index in [1.165, 1.54) is 19.1 Å². The minimum atomic E-state index is -1.58. The molecule has 1 aromatic rings. The van der Waals surface area contributed by atoms with Crippen molar-refractivity contribution in [1.82, 2.24) is 0 Å². The van der Waals surface area contributed by atoms with Gasteiger partial charge in [-0.1, -0.05) is 6.58 Å². The largest absolute Gasteiger partial charge is 0.511 e. The quantitative estimate of drug-likeness (QED) is 0.385. The zero-order valence-electron chi connectivity index (χ0n) is 11.5. The van der Waals surface area contributed by atoms with Gasteiger partial charge in [0.2, 0.25) is 0 Å². The lowest BCUT2D eigenvalue weighted by atomic mass is 10.2. The van der Waals surface area contributed by atoms with E-state index >= 15 is 0 Å². The number of carbonyl (C=O) groups is 3. The highest BCUT2D eigenvalue weighted by Gasteiger charge is 2.17. The number of hydrogen-bond acceptors (Lipinski definition) is 6. The second kappa shape index (κ2) is 7.09. The van der Waals surface area contributed by atoms with Gasteiger partial charge in [0.25, 0.3) is 0 Å². The van der Waals surface area contributed by atoms with Gasteiger partial charge in [0.1, 0.15) is 0 Å². The van der Waals surface area contributed by atoms with E-state index in [-0.39, 0.29) is 29.2 Å². The number of carbonyl (C=O) groups excluding carboxylic acids is 2. The van der Waals surface area contributed by atoms with Crippen LogP contribution in [0.25, 0.3) is 0 Å². The van der Waals surface area contributed by atoms with Gasteiger partial charge in [-0.05, 0) is 32.0 Å². The van der Waals surface area contributed by atoms with E-state index in [0.717, 1.165) is 6.07 Å². The maximum absolute atomic E-state index is 11.6. The van der Waals surface area contributed by atoms with E-state index in [4.69, 9.17) is 14.6 Å². The number of esters is 2. The van der Waals surface area contributed by atoms with Crippen molar-refractivity contribution >= 4 is 18.1 Å². The first-order chi connectivity index (χ1) is 9.85. The minimum absolute atomic E-state index is 0.0964. The van der Waals surface area contributed by atoms with Gasteiger partial charge >= 0.3 is 18.1 Å². The summed E-state index contributed by atoms with van der Waals surface area (Å²) in [7, 11) is 0. The maximum Gasteiger partial charge on any atom is 0.511 e. The Bertz CT molecular complexity index is 589. The molecule has 0 aliphatic heterocycles. The van der Waals surface area contributed by atoms with Crippen LogP contribution in [0.5, 0.6) is 11.5 Å². The van der Waals surface area contributed by atoms with Crippen molar-refractivity contribution in [3.05, 3.63) is 35.9 Å². The van der Waals surface area contributed by atoms with E-state index in [1.807, 2.05) is 0 Å². The second-order valence-corrected chi connectivity index (χ2v) is 3.92. The molecule has 1 rings (SSSR count). The third kappa shape index (κ3) is 4.64. The van der Waals surface area contributed by atoms with E-state index in [0.29, 0.717) is 0 Å². The Morgan fingerprint density at radius 3 is 2.38 bits per heavy atom. The highest BCUT2D eigenvalue weighted by molar-refractivity contribution is 5.92. The predicted molar refractivity (Wildman–Crippen MR) is 71.5 cm³/mol. The van der Waals surface area contributed by atoms with Crippen molar-refractivity contribution in [3.63, 3.8) is 0 Å². The lowest BCUT2D eigenvalue weighted by Gasteiger charge is -2.10. The van der Waals surface area contributed by atoms with Gasteiger partial charge in [-0.3, -0.25) is 0 Å². The van der Waals surface area contributed by atoms with Crippen molar-refractivity contribution in [1.29, 1.82) is 0 Å². The molecule has 1 aromatic carbocycles. The molecule has 0 bridgehead atoms. The normalized spacial score (nSPS) is 9.62. The van der Waals surface area contributed by atoms with Crippen molar-refractivity contribution in [2.24, 2.45) is 0 Å². The predicted octanol–water partition coefficient (Wildman–Crippen LogP) is 2.40. The average molecular weight is 294 g/mol. The molecule has 0 fully saturated rings. The van der Waals surface area contributed by atoms with Crippen LogP contribution in [0.2, 0.25) is 0 Å². The van der Waals surface area contributed by atoms with Crippen molar-refractivity contribution < 1.29 is 33.7 Å². The Morgan fingerprint density at radius 2 is 1.86 bits per heavy atom. The smallest absolute Gasteiger partial charge is 0.462 e. The summed E-state index contributed by atoms with van der Waals surface area (Å²) >= 11 is 0. The van der Waals surface area contributed by atoms with Crippen molar-refractivity contribution in [2.75, 3.05) is 6.61 Å². The van der Waals surface area contributed by atoms with Gasteiger partial charge in [-0.15, -0.1) is 0 Å². The minimum Gasteiger partial charge on any atom is -0.462 e. The first kappa shape index (κ1) is 16.2. The SMILES string of the molecule is C=C(C)C(=O)Oc1cc(C(=O)OCC)ccc1OC(=O)O. The highest BCUT2D eigenvalue weighted by Crippen LogP contribution is 2.29. The Kier molecular flexibility index (Phi) is 5.48. The van der Waals surface area contributed by atoms with Gasteiger partial charge in [-0.25, -0.2) is 14.4 Å². The summed E-state index contributed by atoms with van der Waals surface area (Å²) in [4.78, 5) is 33.7. The van der Waals surface area contributed by atoms with Gasteiger partial charge in [0, 0.05) is 5.57 Å². The lowest BCUT2D eigenvalue weighted by molar-refractivity contribution is -0.130. The third-order valence-electron chi connectivity index (χ3n) is 2.20.